The first-order valence-electron chi connectivity index (χ1n) is 5.57. The Kier molecular flexibility index (Phi) is 5.93. The van der Waals surface area contributed by atoms with Crippen LogP contribution in [0, 0.1) is 0 Å². The zero-order valence-electron chi connectivity index (χ0n) is 10.2. The minimum Gasteiger partial charge on any atom is -0.393 e. The Labute approximate surface area is 106 Å². The lowest BCUT2D eigenvalue weighted by molar-refractivity contribution is -0.115. The van der Waals surface area contributed by atoms with E-state index in [1.165, 1.54) is 4.90 Å². The highest BCUT2D eigenvalue weighted by Gasteiger charge is 2.18. The molecule has 0 aliphatic carbocycles. The normalized spacial score (nSPS) is 16.1. The zero-order valence-corrected chi connectivity index (χ0v) is 11.1. The molecule has 0 saturated carbocycles. The molecule has 1 aromatic rings. The van der Waals surface area contributed by atoms with E-state index in [0.717, 1.165) is 37.5 Å². The third kappa shape index (κ3) is 5.14. The van der Waals surface area contributed by atoms with Gasteiger partial charge in [0.2, 0.25) is 6.41 Å². The molecule has 1 aliphatic heterocycles. The Morgan fingerprint density at radius 2 is 2.12 bits per heavy atom. The number of amides is 1. The summed E-state index contributed by atoms with van der Waals surface area (Å²) in [6.45, 7) is 1.88. The highest BCUT2D eigenvalue weighted by Crippen LogP contribution is 2.21. The second-order valence-electron chi connectivity index (χ2n) is 4.10. The van der Waals surface area contributed by atoms with Gasteiger partial charge in [-0.3, -0.25) is 4.79 Å². The molecule has 0 bridgehead atoms. The van der Waals surface area contributed by atoms with Gasteiger partial charge in [0, 0.05) is 38.8 Å². The summed E-state index contributed by atoms with van der Waals surface area (Å²) in [5.74, 6) is 0. The quantitative estimate of drug-likeness (QED) is 0.797. The van der Waals surface area contributed by atoms with Crippen molar-refractivity contribution < 1.29 is 9.90 Å². The SMILES string of the molecule is CN(C)C=O.OC1CCN(c2nccs2)CC1. The van der Waals surface area contributed by atoms with Gasteiger partial charge >= 0.3 is 0 Å². The van der Waals surface area contributed by atoms with Crippen LogP contribution in [0.3, 0.4) is 0 Å². The fraction of sp³-hybridized carbons (Fsp3) is 0.636. The molecule has 1 aliphatic rings. The molecule has 1 aromatic heterocycles. The van der Waals surface area contributed by atoms with Crippen molar-refractivity contribution in [3.63, 3.8) is 0 Å². The molecule has 2 heterocycles. The monoisotopic (exact) mass is 257 g/mol. The second-order valence-corrected chi connectivity index (χ2v) is 4.97. The number of aromatic nitrogens is 1. The Morgan fingerprint density at radius 3 is 2.53 bits per heavy atom. The molecule has 2 rings (SSSR count). The van der Waals surface area contributed by atoms with Gasteiger partial charge in [-0.2, -0.15) is 0 Å². The first kappa shape index (κ1) is 13.9. The molecule has 0 unspecified atom stereocenters. The molecule has 1 fully saturated rings. The lowest BCUT2D eigenvalue weighted by Crippen LogP contribution is -2.35. The van der Waals surface area contributed by atoms with E-state index >= 15 is 0 Å². The van der Waals surface area contributed by atoms with Crippen LogP contribution in [0.25, 0.3) is 0 Å². The molecule has 1 saturated heterocycles. The maximum atomic E-state index is 9.43. The fourth-order valence-corrected chi connectivity index (χ4v) is 2.13. The van der Waals surface area contributed by atoms with Crippen molar-refractivity contribution in [2.24, 2.45) is 0 Å². The van der Waals surface area contributed by atoms with Gasteiger partial charge in [0.15, 0.2) is 5.13 Å². The fourth-order valence-electron chi connectivity index (χ4n) is 1.43. The van der Waals surface area contributed by atoms with Crippen LogP contribution in [-0.2, 0) is 4.79 Å². The van der Waals surface area contributed by atoms with E-state index in [9.17, 15) is 9.90 Å². The number of rotatable bonds is 2. The van der Waals surface area contributed by atoms with Crippen molar-refractivity contribution in [1.82, 2.24) is 9.88 Å². The molecular formula is C11H19N3O2S. The predicted octanol–water partition coefficient (Wildman–Crippen LogP) is 0.809. The minimum atomic E-state index is -0.0961. The number of nitrogens with zero attached hydrogens (tertiary/aromatic N) is 3. The van der Waals surface area contributed by atoms with Crippen LogP contribution in [0.2, 0.25) is 0 Å². The van der Waals surface area contributed by atoms with Gasteiger partial charge in [0.25, 0.3) is 0 Å². The summed E-state index contributed by atoms with van der Waals surface area (Å²) < 4.78 is 0. The number of hydrogen-bond donors (Lipinski definition) is 1. The van der Waals surface area contributed by atoms with Crippen molar-refractivity contribution >= 4 is 22.9 Å². The molecule has 0 aromatic carbocycles. The van der Waals surface area contributed by atoms with E-state index in [-0.39, 0.29) is 6.10 Å². The highest BCUT2D eigenvalue weighted by molar-refractivity contribution is 7.13. The predicted molar refractivity (Wildman–Crippen MR) is 69.3 cm³/mol. The van der Waals surface area contributed by atoms with Gasteiger partial charge < -0.3 is 14.9 Å². The Balaban J connectivity index is 0.000000249. The van der Waals surface area contributed by atoms with Crippen molar-refractivity contribution in [3.05, 3.63) is 11.6 Å². The summed E-state index contributed by atoms with van der Waals surface area (Å²) in [4.78, 5) is 17.3. The molecule has 5 nitrogen and oxygen atoms in total. The summed E-state index contributed by atoms with van der Waals surface area (Å²) in [7, 11) is 3.38. The van der Waals surface area contributed by atoms with Crippen LogP contribution in [-0.4, -0.2) is 54.7 Å². The summed E-state index contributed by atoms with van der Waals surface area (Å²) in [5, 5.41) is 12.4. The molecule has 6 heteroatoms. The summed E-state index contributed by atoms with van der Waals surface area (Å²) >= 11 is 1.66. The number of piperidine rings is 1. The van der Waals surface area contributed by atoms with Crippen molar-refractivity contribution in [2.45, 2.75) is 18.9 Å². The van der Waals surface area contributed by atoms with E-state index in [2.05, 4.69) is 9.88 Å². The number of aliphatic hydroxyl groups excluding tert-OH is 1. The Hall–Kier alpha value is -1.14. The lowest BCUT2D eigenvalue weighted by atomic mass is 10.1. The molecule has 0 radical (unpaired) electrons. The minimum absolute atomic E-state index is 0.0961. The first-order chi connectivity index (χ1) is 8.13. The van der Waals surface area contributed by atoms with Gasteiger partial charge in [-0.05, 0) is 12.8 Å². The van der Waals surface area contributed by atoms with E-state index in [0.29, 0.717) is 0 Å². The Morgan fingerprint density at radius 1 is 1.53 bits per heavy atom. The van der Waals surface area contributed by atoms with Crippen molar-refractivity contribution in [1.29, 1.82) is 0 Å². The largest absolute Gasteiger partial charge is 0.393 e. The van der Waals surface area contributed by atoms with Crippen LogP contribution >= 0.6 is 11.3 Å². The number of anilines is 1. The molecule has 0 spiro atoms. The third-order valence-corrected chi connectivity index (χ3v) is 3.20. The maximum absolute atomic E-state index is 9.43. The van der Waals surface area contributed by atoms with E-state index < -0.39 is 0 Å². The van der Waals surface area contributed by atoms with Crippen LogP contribution in [0.5, 0.6) is 0 Å². The first-order valence-corrected chi connectivity index (χ1v) is 6.45. The standard InChI is InChI=1S/C8H12N2OS.C3H7NO/c11-7-1-4-10(5-2-7)8-9-3-6-12-8;1-4(2)3-5/h3,6-7,11H,1-2,4-5H2;3H,1-2H3. The summed E-state index contributed by atoms with van der Waals surface area (Å²) in [5.41, 5.74) is 0. The van der Waals surface area contributed by atoms with Crippen molar-refractivity contribution in [3.8, 4) is 0 Å². The molecule has 17 heavy (non-hydrogen) atoms. The van der Waals surface area contributed by atoms with Crippen LogP contribution < -0.4 is 4.90 Å². The van der Waals surface area contributed by atoms with Gasteiger partial charge in [-0.15, -0.1) is 11.3 Å². The van der Waals surface area contributed by atoms with Gasteiger partial charge in [0.1, 0.15) is 0 Å². The molecule has 1 amide bonds. The van der Waals surface area contributed by atoms with Gasteiger partial charge in [0.05, 0.1) is 6.10 Å². The number of hydrogen-bond acceptors (Lipinski definition) is 5. The van der Waals surface area contributed by atoms with Crippen LogP contribution in [0.15, 0.2) is 11.6 Å². The highest BCUT2D eigenvalue weighted by atomic mass is 32.1. The third-order valence-electron chi connectivity index (χ3n) is 2.37. The lowest BCUT2D eigenvalue weighted by Gasteiger charge is -2.28. The average Bonchev–Trinajstić information content (AvgIpc) is 2.84. The molecular weight excluding hydrogens is 238 g/mol. The van der Waals surface area contributed by atoms with Crippen molar-refractivity contribution in [2.75, 3.05) is 32.1 Å². The smallest absolute Gasteiger partial charge is 0.209 e. The topological polar surface area (TPSA) is 56.7 Å². The van der Waals surface area contributed by atoms with E-state index in [4.69, 9.17) is 0 Å². The maximum Gasteiger partial charge on any atom is 0.209 e. The second kappa shape index (κ2) is 7.24. The average molecular weight is 257 g/mol. The van der Waals surface area contributed by atoms with E-state index in [1.54, 1.807) is 25.4 Å². The number of thiazole rings is 1. The van der Waals surface area contributed by atoms with E-state index in [1.807, 2.05) is 11.6 Å². The van der Waals surface area contributed by atoms with Crippen LogP contribution in [0.1, 0.15) is 12.8 Å². The molecule has 0 atom stereocenters. The van der Waals surface area contributed by atoms with Crippen LogP contribution in [0.4, 0.5) is 5.13 Å². The van der Waals surface area contributed by atoms with Gasteiger partial charge in [-0.1, -0.05) is 0 Å². The zero-order chi connectivity index (χ0) is 12.7. The molecule has 96 valence electrons. The Bertz CT molecular complexity index is 309. The summed E-state index contributed by atoms with van der Waals surface area (Å²) in [6.07, 6.45) is 4.23. The number of aliphatic hydroxyl groups is 1. The number of carbonyl (C=O) groups excluding carboxylic acids is 1. The molecule has 1 N–H and O–H groups in total. The summed E-state index contributed by atoms with van der Waals surface area (Å²) in [6, 6.07) is 0. The van der Waals surface area contributed by atoms with Gasteiger partial charge in [-0.25, -0.2) is 4.98 Å². The number of carbonyl (C=O) groups is 1.